The van der Waals surface area contributed by atoms with Crippen molar-refractivity contribution >= 4 is 34.9 Å². The summed E-state index contributed by atoms with van der Waals surface area (Å²) in [6.45, 7) is -0.379. The van der Waals surface area contributed by atoms with Crippen LogP contribution in [0.2, 0.25) is 5.02 Å². The Morgan fingerprint density at radius 1 is 0.800 bits per heavy atom. The van der Waals surface area contributed by atoms with E-state index in [-0.39, 0.29) is 23.9 Å². The molecule has 1 amide bonds. The summed E-state index contributed by atoms with van der Waals surface area (Å²) < 4.78 is 10.1. The number of esters is 1. The highest BCUT2D eigenvalue weighted by atomic mass is 35.5. The minimum Gasteiger partial charge on any atom is -0.497 e. The number of hydrogen-bond donors (Lipinski definition) is 1. The van der Waals surface area contributed by atoms with Crippen LogP contribution < -0.4 is 10.1 Å². The Kier molecular flexibility index (Phi) is 6.83. The molecule has 3 aromatic carbocycles. The quantitative estimate of drug-likeness (QED) is 0.442. The number of benzene rings is 3. The van der Waals surface area contributed by atoms with E-state index in [4.69, 9.17) is 21.1 Å². The lowest BCUT2D eigenvalue weighted by Crippen LogP contribution is -2.14. The minimum absolute atomic E-state index is 0.265. The molecule has 0 fully saturated rings. The maximum absolute atomic E-state index is 12.3. The molecular weight excluding hydrogens is 406 g/mol. The fourth-order valence-corrected chi connectivity index (χ4v) is 2.69. The molecule has 3 aromatic rings. The van der Waals surface area contributed by atoms with Crippen molar-refractivity contribution in [3.8, 4) is 5.75 Å². The number of halogens is 1. The summed E-state index contributed by atoms with van der Waals surface area (Å²) in [7, 11) is 1.55. The Morgan fingerprint density at radius 3 is 1.97 bits per heavy atom. The smallest absolute Gasteiger partial charge is 0.338 e. The number of ether oxygens (including phenoxy) is 2. The van der Waals surface area contributed by atoms with Crippen LogP contribution in [-0.4, -0.2) is 31.4 Å². The molecule has 30 heavy (non-hydrogen) atoms. The standard InChI is InChI=1S/C23H18ClNO5/c1-29-20-12-6-16(7-13-20)22(27)25-19-10-4-17(5-11-19)23(28)30-14-21(26)15-2-8-18(24)9-3-15/h2-13H,14H2,1H3,(H,25,27). The third-order valence-corrected chi connectivity index (χ3v) is 4.48. The van der Waals surface area contributed by atoms with Crippen LogP contribution in [-0.2, 0) is 4.74 Å². The van der Waals surface area contributed by atoms with Crippen LogP contribution in [0.1, 0.15) is 31.1 Å². The van der Waals surface area contributed by atoms with Gasteiger partial charge >= 0.3 is 5.97 Å². The molecule has 0 spiro atoms. The summed E-state index contributed by atoms with van der Waals surface area (Å²) >= 11 is 5.79. The number of hydrogen-bond acceptors (Lipinski definition) is 5. The monoisotopic (exact) mass is 423 g/mol. The van der Waals surface area contributed by atoms with E-state index in [1.807, 2.05) is 0 Å². The van der Waals surface area contributed by atoms with Gasteiger partial charge in [0, 0.05) is 21.8 Å². The maximum Gasteiger partial charge on any atom is 0.338 e. The van der Waals surface area contributed by atoms with E-state index in [9.17, 15) is 14.4 Å². The Hall–Kier alpha value is -3.64. The molecule has 7 heteroatoms. The van der Waals surface area contributed by atoms with Gasteiger partial charge in [-0.2, -0.15) is 0 Å². The van der Waals surface area contributed by atoms with Gasteiger partial charge in [0.25, 0.3) is 5.91 Å². The van der Waals surface area contributed by atoms with Crippen LogP contribution in [0, 0.1) is 0 Å². The van der Waals surface area contributed by atoms with E-state index >= 15 is 0 Å². The zero-order valence-corrected chi connectivity index (χ0v) is 16.8. The fraction of sp³-hybridized carbons (Fsp3) is 0.0870. The van der Waals surface area contributed by atoms with E-state index in [1.165, 1.54) is 12.1 Å². The largest absolute Gasteiger partial charge is 0.497 e. The number of anilines is 1. The van der Waals surface area contributed by atoms with Crippen molar-refractivity contribution in [2.45, 2.75) is 0 Å². The number of rotatable bonds is 7. The lowest BCUT2D eigenvalue weighted by Gasteiger charge is -2.08. The van der Waals surface area contributed by atoms with Crippen LogP contribution in [0.25, 0.3) is 0 Å². The molecule has 0 heterocycles. The van der Waals surface area contributed by atoms with Gasteiger partial charge in [0.05, 0.1) is 12.7 Å². The van der Waals surface area contributed by atoms with Crippen molar-refractivity contribution in [2.24, 2.45) is 0 Å². The van der Waals surface area contributed by atoms with Crippen molar-refractivity contribution in [3.63, 3.8) is 0 Å². The molecule has 0 aromatic heterocycles. The van der Waals surface area contributed by atoms with Crippen molar-refractivity contribution in [2.75, 3.05) is 19.0 Å². The Bertz CT molecular complexity index is 1040. The molecule has 0 radical (unpaired) electrons. The number of amides is 1. The average Bonchev–Trinajstić information content (AvgIpc) is 2.78. The Morgan fingerprint density at radius 2 is 1.37 bits per heavy atom. The number of carbonyl (C=O) groups is 3. The van der Waals surface area contributed by atoms with Gasteiger partial charge in [-0.3, -0.25) is 9.59 Å². The minimum atomic E-state index is -0.634. The van der Waals surface area contributed by atoms with Gasteiger partial charge < -0.3 is 14.8 Å². The second-order valence-corrected chi connectivity index (χ2v) is 6.70. The van der Waals surface area contributed by atoms with Crippen molar-refractivity contribution in [1.29, 1.82) is 0 Å². The van der Waals surface area contributed by atoms with Crippen molar-refractivity contribution < 1.29 is 23.9 Å². The van der Waals surface area contributed by atoms with Gasteiger partial charge in [0.15, 0.2) is 12.4 Å². The maximum atomic E-state index is 12.3. The van der Waals surface area contributed by atoms with Gasteiger partial charge in [0.1, 0.15) is 5.75 Å². The van der Waals surface area contributed by atoms with Crippen LogP contribution in [0.5, 0.6) is 5.75 Å². The van der Waals surface area contributed by atoms with Crippen LogP contribution >= 0.6 is 11.6 Å². The summed E-state index contributed by atoms with van der Waals surface area (Å²) in [5.41, 5.74) is 1.66. The first-order valence-corrected chi connectivity index (χ1v) is 9.35. The predicted octanol–water partition coefficient (Wildman–Crippen LogP) is 4.64. The van der Waals surface area contributed by atoms with Crippen molar-refractivity contribution in [3.05, 3.63) is 94.5 Å². The summed E-state index contributed by atoms with van der Waals surface area (Å²) in [6, 6.07) is 19.2. The predicted molar refractivity (Wildman–Crippen MR) is 113 cm³/mol. The molecule has 0 atom stereocenters. The summed E-state index contributed by atoms with van der Waals surface area (Å²) in [5.74, 6) is -0.598. The van der Waals surface area contributed by atoms with Gasteiger partial charge in [0.2, 0.25) is 0 Å². The van der Waals surface area contributed by atoms with E-state index in [0.29, 0.717) is 27.6 Å². The molecular formula is C23H18ClNO5. The third kappa shape index (κ3) is 5.46. The van der Waals surface area contributed by atoms with Crippen LogP contribution in [0.15, 0.2) is 72.8 Å². The Balaban J connectivity index is 1.55. The van der Waals surface area contributed by atoms with Gasteiger partial charge in [-0.05, 0) is 72.8 Å². The highest BCUT2D eigenvalue weighted by Crippen LogP contribution is 2.15. The second kappa shape index (κ2) is 9.71. The number of methoxy groups -OCH3 is 1. The molecule has 0 unspecified atom stereocenters. The highest BCUT2D eigenvalue weighted by molar-refractivity contribution is 6.30. The summed E-state index contributed by atoms with van der Waals surface area (Å²) in [4.78, 5) is 36.5. The van der Waals surface area contributed by atoms with Gasteiger partial charge in [-0.25, -0.2) is 4.79 Å². The van der Waals surface area contributed by atoms with Gasteiger partial charge in [-0.15, -0.1) is 0 Å². The molecule has 1 N–H and O–H groups in total. The molecule has 0 aliphatic rings. The fourth-order valence-electron chi connectivity index (χ4n) is 2.57. The zero-order chi connectivity index (χ0) is 21.5. The van der Waals surface area contributed by atoms with E-state index in [0.717, 1.165) is 0 Å². The van der Waals surface area contributed by atoms with Gasteiger partial charge in [-0.1, -0.05) is 11.6 Å². The molecule has 0 aliphatic heterocycles. The number of nitrogens with one attached hydrogen (secondary N) is 1. The third-order valence-electron chi connectivity index (χ3n) is 4.23. The molecule has 0 saturated carbocycles. The first kappa shape index (κ1) is 21.1. The summed E-state index contributed by atoms with van der Waals surface area (Å²) in [6.07, 6.45) is 0. The zero-order valence-electron chi connectivity index (χ0n) is 16.1. The van der Waals surface area contributed by atoms with E-state index < -0.39 is 5.97 Å². The van der Waals surface area contributed by atoms with E-state index in [1.54, 1.807) is 67.8 Å². The molecule has 0 bridgehead atoms. The number of Topliss-reactive ketones (excluding diaryl/α,β-unsaturated/α-hetero) is 1. The van der Waals surface area contributed by atoms with E-state index in [2.05, 4.69) is 5.32 Å². The molecule has 152 valence electrons. The lowest BCUT2D eigenvalue weighted by atomic mass is 10.1. The summed E-state index contributed by atoms with van der Waals surface area (Å²) in [5, 5.41) is 3.26. The number of ketones is 1. The van der Waals surface area contributed by atoms with Crippen LogP contribution in [0.4, 0.5) is 5.69 Å². The molecule has 6 nitrogen and oxygen atoms in total. The highest BCUT2D eigenvalue weighted by Gasteiger charge is 2.13. The normalized spacial score (nSPS) is 10.2. The molecule has 0 aliphatic carbocycles. The topological polar surface area (TPSA) is 81.7 Å². The van der Waals surface area contributed by atoms with Crippen molar-refractivity contribution in [1.82, 2.24) is 0 Å². The Labute approximate surface area is 178 Å². The second-order valence-electron chi connectivity index (χ2n) is 6.27. The lowest BCUT2D eigenvalue weighted by molar-refractivity contribution is 0.0475. The van der Waals surface area contributed by atoms with Crippen LogP contribution in [0.3, 0.4) is 0 Å². The average molecular weight is 424 g/mol. The SMILES string of the molecule is COc1ccc(C(=O)Nc2ccc(C(=O)OCC(=O)c3ccc(Cl)cc3)cc2)cc1. The molecule has 0 saturated heterocycles. The number of carbonyl (C=O) groups excluding carboxylic acids is 3. The molecule has 3 rings (SSSR count). The first-order chi connectivity index (χ1) is 14.5. The first-order valence-electron chi connectivity index (χ1n) is 8.97.